The third-order valence-electron chi connectivity index (χ3n) is 2.73. The van der Waals surface area contributed by atoms with Crippen LogP contribution >= 0.6 is 0 Å². The number of para-hydroxylation sites is 1. The van der Waals surface area contributed by atoms with Crippen LogP contribution in [0.25, 0.3) is 0 Å². The average Bonchev–Trinajstić information content (AvgIpc) is 2.42. The molecule has 0 radical (unpaired) electrons. The van der Waals surface area contributed by atoms with Crippen LogP contribution in [0.4, 0.5) is 15.9 Å². The van der Waals surface area contributed by atoms with E-state index < -0.39 is 0 Å². The summed E-state index contributed by atoms with van der Waals surface area (Å²) >= 11 is 0. The number of nitrogens with zero attached hydrogens (tertiary/aromatic N) is 2. The van der Waals surface area contributed by atoms with Crippen molar-refractivity contribution in [1.82, 2.24) is 4.98 Å². The largest absolute Gasteiger partial charge is 0.392 e. The quantitative estimate of drug-likeness (QED) is 0.901. The number of anilines is 2. The van der Waals surface area contributed by atoms with Crippen molar-refractivity contribution < 1.29 is 9.50 Å². The van der Waals surface area contributed by atoms with Crippen molar-refractivity contribution >= 4 is 11.5 Å². The highest BCUT2D eigenvalue weighted by Crippen LogP contribution is 2.25. The van der Waals surface area contributed by atoms with Crippen LogP contribution in [0.15, 0.2) is 42.6 Å². The van der Waals surface area contributed by atoms with E-state index in [1.54, 1.807) is 41.4 Å². The molecule has 0 unspecified atom stereocenters. The molecular weight excluding hydrogens is 231 g/mol. The molecule has 94 valence electrons. The molecule has 0 aliphatic rings. The zero-order valence-corrected chi connectivity index (χ0v) is 10.2. The SMILES string of the molecule is CCN(c1ccc(CO)cn1)c1ccccc1F. The maximum Gasteiger partial charge on any atom is 0.146 e. The lowest BCUT2D eigenvalue weighted by Gasteiger charge is -2.22. The summed E-state index contributed by atoms with van der Waals surface area (Å²) in [6.45, 7) is 2.51. The molecule has 2 aromatic rings. The Bertz CT molecular complexity index is 513. The van der Waals surface area contributed by atoms with Crippen LogP contribution in [0, 0.1) is 5.82 Å². The summed E-state index contributed by atoms with van der Waals surface area (Å²) in [7, 11) is 0. The molecule has 3 nitrogen and oxygen atoms in total. The molecule has 1 heterocycles. The zero-order valence-electron chi connectivity index (χ0n) is 10.2. The number of benzene rings is 1. The predicted octanol–water partition coefficient (Wildman–Crippen LogP) is 2.87. The lowest BCUT2D eigenvalue weighted by atomic mass is 10.2. The number of aliphatic hydroxyl groups excluding tert-OH is 1. The van der Waals surface area contributed by atoms with Gasteiger partial charge in [0.1, 0.15) is 11.6 Å². The van der Waals surface area contributed by atoms with Crippen LogP contribution in [0.3, 0.4) is 0 Å². The average molecular weight is 246 g/mol. The molecule has 2 rings (SSSR count). The molecule has 0 amide bonds. The van der Waals surface area contributed by atoms with Crippen molar-refractivity contribution in [2.75, 3.05) is 11.4 Å². The van der Waals surface area contributed by atoms with E-state index >= 15 is 0 Å². The van der Waals surface area contributed by atoms with Crippen LogP contribution < -0.4 is 4.90 Å². The topological polar surface area (TPSA) is 36.4 Å². The van der Waals surface area contributed by atoms with Crippen molar-refractivity contribution in [3.63, 3.8) is 0 Å². The number of hydrogen-bond acceptors (Lipinski definition) is 3. The second-order valence-electron chi connectivity index (χ2n) is 3.88. The van der Waals surface area contributed by atoms with Gasteiger partial charge in [0.2, 0.25) is 0 Å². The summed E-state index contributed by atoms with van der Waals surface area (Å²) < 4.78 is 13.7. The van der Waals surface area contributed by atoms with Gasteiger partial charge in [-0.25, -0.2) is 9.37 Å². The van der Waals surface area contributed by atoms with Crippen molar-refractivity contribution in [3.8, 4) is 0 Å². The van der Waals surface area contributed by atoms with Gasteiger partial charge in [-0.05, 0) is 30.7 Å². The first-order chi connectivity index (χ1) is 8.76. The highest BCUT2D eigenvalue weighted by molar-refractivity contribution is 5.60. The normalized spacial score (nSPS) is 10.4. The molecule has 0 atom stereocenters. The van der Waals surface area contributed by atoms with Gasteiger partial charge in [-0.3, -0.25) is 0 Å². The fourth-order valence-corrected chi connectivity index (χ4v) is 1.80. The van der Waals surface area contributed by atoms with Crippen LogP contribution in [0.1, 0.15) is 12.5 Å². The third-order valence-corrected chi connectivity index (χ3v) is 2.73. The summed E-state index contributed by atoms with van der Waals surface area (Å²) in [5.41, 5.74) is 1.24. The van der Waals surface area contributed by atoms with E-state index in [-0.39, 0.29) is 12.4 Å². The molecule has 0 saturated heterocycles. The Kier molecular flexibility index (Phi) is 3.89. The summed E-state index contributed by atoms with van der Waals surface area (Å²) in [6.07, 6.45) is 1.60. The molecule has 1 aromatic heterocycles. The molecule has 0 aliphatic heterocycles. The highest BCUT2D eigenvalue weighted by Gasteiger charge is 2.12. The maximum atomic E-state index is 13.7. The Morgan fingerprint density at radius 1 is 1.22 bits per heavy atom. The van der Waals surface area contributed by atoms with Gasteiger partial charge in [-0.15, -0.1) is 0 Å². The second kappa shape index (κ2) is 5.60. The van der Waals surface area contributed by atoms with Crippen molar-refractivity contribution in [1.29, 1.82) is 0 Å². The smallest absolute Gasteiger partial charge is 0.146 e. The number of hydrogen-bond donors (Lipinski definition) is 1. The molecule has 0 spiro atoms. The van der Waals surface area contributed by atoms with E-state index in [9.17, 15) is 4.39 Å². The highest BCUT2D eigenvalue weighted by atomic mass is 19.1. The first-order valence-electron chi connectivity index (χ1n) is 5.84. The molecule has 0 aliphatic carbocycles. The van der Waals surface area contributed by atoms with Crippen LogP contribution in [-0.2, 0) is 6.61 Å². The first-order valence-corrected chi connectivity index (χ1v) is 5.84. The Hall–Kier alpha value is -1.94. The van der Waals surface area contributed by atoms with Gasteiger partial charge in [0.25, 0.3) is 0 Å². The van der Waals surface area contributed by atoms with Crippen LogP contribution in [-0.4, -0.2) is 16.6 Å². The second-order valence-corrected chi connectivity index (χ2v) is 3.88. The van der Waals surface area contributed by atoms with Gasteiger partial charge >= 0.3 is 0 Å². The monoisotopic (exact) mass is 246 g/mol. The lowest BCUT2D eigenvalue weighted by Crippen LogP contribution is -2.18. The standard InChI is InChI=1S/C14H15FN2O/c1-2-17(13-6-4-3-5-12(13)15)14-8-7-11(10-18)9-16-14/h3-9,18H,2,10H2,1H3. The summed E-state index contributed by atoms with van der Waals surface area (Å²) in [6, 6.07) is 10.2. The van der Waals surface area contributed by atoms with E-state index in [0.29, 0.717) is 18.1 Å². The van der Waals surface area contributed by atoms with E-state index in [0.717, 1.165) is 5.56 Å². The van der Waals surface area contributed by atoms with Gasteiger partial charge in [-0.2, -0.15) is 0 Å². The van der Waals surface area contributed by atoms with Gasteiger partial charge in [0, 0.05) is 12.7 Å². The number of halogens is 1. The molecule has 0 saturated carbocycles. The van der Waals surface area contributed by atoms with Crippen molar-refractivity contribution in [2.24, 2.45) is 0 Å². The Morgan fingerprint density at radius 3 is 2.56 bits per heavy atom. The van der Waals surface area contributed by atoms with E-state index in [1.165, 1.54) is 6.07 Å². The molecule has 1 N–H and O–H groups in total. The predicted molar refractivity (Wildman–Crippen MR) is 69.2 cm³/mol. The first kappa shape index (κ1) is 12.5. The Labute approximate surface area is 106 Å². The minimum atomic E-state index is -0.271. The summed E-state index contributed by atoms with van der Waals surface area (Å²) in [5, 5.41) is 8.97. The molecule has 0 bridgehead atoms. The van der Waals surface area contributed by atoms with E-state index in [4.69, 9.17) is 5.11 Å². The fraction of sp³-hybridized carbons (Fsp3) is 0.214. The molecular formula is C14H15FN2O. The molecule has 18 heavy (non-hydrogen) atoms. The number of rotatable bonds is 4. The molecule has 4 heteroatoms. The van der Waals surface area contributed by atoms with Gasteiger partial charge in [0.15, 0.2) is 0 Å². The Balaban J connectivity index is 2.36. The maximum absolute atomic E-state index is 13.7. The molecule has 0 fully saturated rings. The number of pyridine rings is 1. The van der Waals surface area contributed by atoms with Gasteiger partial charge in [-0.1, -0.05) is 18.2 Å². The Morgan fingerprint density at radius 2 is 2.00 bits per heavy atom. The summed E-state index contributed by atoms with van der Waals surface area (Å²) in [5.74, 6) is 0.396. The molecule has 1 aromatic carbocycles. The van der Waals surface area contributed by atoms with Gasteiger partial charge in [0.05, 0.1) is 12.3 Å². The van der Waals surface area contributed by atoms with E-state index in [1.807, 2.05) is 6.92 Å². The van der Waals surface area contributed by atoms with Gasteiger partial charge < -0.3 is 10.0 Å². The van der Waals surface area contributed by atoms with E-state index in [2.05, 4.69) is 4.98 Å². The minimum absolute atomic E-state index is 0.0426. The summed E-state index contributed by atoms with van der Waals surface area (Å²) in [4.78, 5) is 6.03. The van der Waals surface area contributed by atoms with Crippen LogP contribution in [0.5, 0.6) is 0 Å². The minimum Gasteiger partial charge on any atom is -0.392 e. The zero-order chi connectivity index (χ0) is 13.0. The lowest BCUT2D eigenvalue weighted by molar-refractivity contribution is 0.281. The van der Waals surface area contributed by atoms with Crippen molar-refractivity contribution in [2.45, 2.75) is 13.5 Å². The number of aromatic nitrogens is 1. The fourth-order valence-electron chi connectivity index (χ4n) is 1.80. The third kappa shape index (κ3) is 2.49. The van der Waals surface area contributed by atoms with Crippen LogP contribution in [0.2, 0.25) is 0 Å². The van der Waals surface area contributed by atoms with Crippen molar-refractivity contribution in [3.05, 3.63) is 54.0 Å². The number of aliphatic hydroxyl groups is 1.